The molecule has 0 aliphatic carbocycles. The molecule has 13 nitrogen and oxygen atoms in total. The number of alkyl halides is 21. The number of phenols is 2. The van der Waals surface area contributed by atoms with Crippen LogP contribution in [-0.4, -0.2) is 36.8 Å². The van der Waals surface area contributed by atoms with Gasteiger partial charge in [0.25, 0.3) is 0 Å². The van der Waals surface area contributed by atoms with E-state index >= 15 is 0 Å². The maximum Gasteiger partial charge on any atom is 0.450 e. The second-order valence-electron chi connectivity index (χ2n) is 25.0. The predicted molar refractivity (Wildman–Crippen MR) is 384 cm³/mol. The smallest absolute Gasteiger partial charge is 0.450 e. The lowest BCUT2D eigenvalue weighted by molar-refractivity contribution is -0.152. The Kier molecular flexibility index (Phi) is 26.4. The van der Waals surface area contributed by atoms with Gasteiger partial charge in [-0.2, -0.15) is 102 Å². The van der Waals surface area contributed by atoms with Crippen molar-refractivity contribution >= 4 is 45.8 Å². The number of hydrogen-bond donors (Lipinski definition) is 4. The Hall–Kier alpha value is -11.1. The number of fused-ring (bicyclic) bond motifs is 1. The van der Waals surface area contributed by atoms with Gasteiger partial charge in [0, 0.05) is 69.6 Å². The van der Waals surface area contributed by atoms with Crippen LogP contribution in [0, 0.1) is 13.8 Å². The molecule has 0 bridgehead atoms. The number of nitrogens with one attached hydrogen (secondary N) is 1. The van der Waals surface area contributed by atoms with Crippen LogP contribution < -0.4 is 30.9 Å². The summed E-state index contributed by atoms with van der Waals surface area (Å²) in [7, 11) is 3.91. The van der Waals surface area contributed by atoms with Crippen LogP contribution in [0.15, 0.2) is 191 Å². The summed E-state index contributed by atoms with van der Waals surface area (Å²) in [5.74, 6) is 2.08. The third-order valence-corrected chi connectivity index (χ3v) is 17.2. The number of rotatable bonds is 14. The molecule has 0 spiro atoms. The van der Waals surface area contributed by atoms with Crippen molar-refractivity contribution in [2.75, 3.05) is 7.05 Å². The van der Waals surface area contributed by atoms with E-state index in [1.54, 1.807) is 79.8 Å². The fraction of sp³-hybridized carbons (Fsp3) is 0.192. The number of phenolic OH excluding ortho intramolecular Hbond substituents is 2. The highest BCUT2D eigenvalue weighted by Crippen LogP contribution is 2.50. The summed E-state index contributed by atoms with van der Waals surface area (Å²) in [5, 5.41) is 29.9. The molecule has 37 heteroatoms. The van der Waals surface area contributed by atoms with E-state index in [9.17, 15) is 107 Å². The van der Waals surface area contributed by atoms with Crippen molar-refractivity contribution in [1.82, 2.24) is 25.0 Å². The minimum atomic E-state index is -5.45. The molecular formula is C78H56Cl3F21N6O7. The Morgan fingerprint density at radius 2 is 0.791 bits per heavy atom. The molecule has 0 unspecified atom stereocenters. The number of aryl methyl sites for hydroxylation is 4. The normalized spacial score (nSPS) is 12.2. The second kappa shape index (κ2) is 34.6. The molecule has 12 aromatic rings. The van der Waals surface area contributed by atoms with Crippen molar-refractivity contribution in [3.8, 4) is 84.6 Å². The summed E-state index contributed by atoms with van der Waals surface area (Å²) in [6.45, 7) is 2.93. The van der Waals surface area contributed by atoms with Crippen molar-refractivity contribution in [2.24, 2.45) is 19.9 Å². The Morgan fingerprint density at radius 1 is 0.426 bits per heavy atom. The van der Waals surface area contributed by atoms with Gasteiger partial charge in [-0.15, -0.1) is 0 Å². The van der Waals surface area contributed by atoms with Gasteiger partial charge in [-0.1, -0.05) is 83.3 Å². The highest BCUT2D eigenvalue weighted by molar-refractivity contribution is 6.31. The number of aromatic hydroxyl groups is 2. The average molecular weight is 1690 g/mol. The zero-order chi connectivity index (χ0) is 85.0. The van der Waals surface area contributed by atoms with Gasteiger partial charge in [-0.25, -0.2) is 0 Å². The Morgan fingerprint density at radius 3 is 1.17 bits per heavy atom. The van der Waals surface area contributed by atoms with Crippen molar-refractivity contribution in [2.45, 2.75) is 76.9 Å². The van der Waals surface area contributed by atoms with E-state index in [1.165, 1.54) is 75.5 Å². The van der Waals surface area contributed by atoms with E-state index in [2.05, 4.69) is 21.5 Å². The first-order chi connectivity index (χ1) is 53.4. The van der Waals surface area contributed by atoms with E-state index in [0.717, 1.165) is 47.1 Å². The Bertz CT molecular complexity index is 5450. The highest BCUT2D eigenvalue weighted by Gasteiger charge is 2.45. The topological polar surface area (TPSA) is 172 Å². The maximum atomic E-state index is 14.0. The maximum absolute atomic E-state index is 14.0. The van der Waals surface area contributed by atoms with Crippen molar-refractivity contribution in [3.05, 3.63) is 275 Å². The molecule has 0 fully saturated rings. The molecule has 0 aliphatic heterocycles. The summed E-state index contributed by atoms with van der Waals surface area (Å²) in [5.41, 5.74) is -11.2. The molecule has 608 valence electrons. The van der Waals surface area contributed by atoms with Crippen LogP contribution in [0.5, 0.6) is 28.7 Å². The summed E-state index contributed by atoms with van der Waals surface area (Å²) < 4.78 is 309. The average Bonchev–Trinajstić information content (AvgIpc) is 1.75. The summed E-state index contributed by atoms with van der Waals surface area (Å²) >= 11 is 17.5. The minimum Gasteiger partial charge on any atom is -0.507 e. The zero-order valence-electron chi connectivity index (χ0n) is 59.3. The molecule has 0 saturated heterocycles. The van der Waals surface area contributed by atoms with Gasteiger partial charge < -0.3 is 28.8 Å². The van der Waals surface area contributed by atoms with Crippen molar-refractivity contribution in [1.29, 1.82) is 0 Å². The highest BCUT2D eigenvalue weighted by atomic mass is 35.5. The number of halogens is 24. The Balaban J connectivity index is 0.000000194. The van der Waals surface area contributed by atoms with Crippen molar-refractivity contribution < 1.29 is 121 Å². The van der Waals surface area contributed by atoms with E-state index < -0.39 is 133 Å². The first kappa shape index (κ1) is 87.9. The Labute approximate surface area is 652 Å². The van der Waals surface area contributed by atoms with Crippen molar-refractivity contribution in [3.63, 3.8) is 0 Å². The molecular weight excluding hydrogens is 1640 g/mol. The van der Waals surface area contributed by atoms with Crippen LogP contribution in [0.25, 0.3) is 66.9 Å². The molecule has 3 aromatic heterocycles. The van der Waals surface area contributed by atoms with Crippen LogP contribution >= 0.6 is 34.8 Å². The van der Waals surface area contributed by atoms with Gasteiger partial charge in [-0.05, 0) is 181 Å². The number of hydrogen-bond acceptors (Lipinski definition) is 11. The van der Waals surface area contributed by atoms with Crippen LogP contribution in [-0.2, 0) is 77.2 Å². The molecule has 0 saturated carbocycles. The SMILES string of the molecule is CNN.Cc1cc(-c2c(-c3ccc(OCc4ccc(Cl)cc4)cc3O)nn(C)c2C(F)(F)F)cc(C(F)(F)F)c1.Cc1cc(-c2c(C(F)(F)F)nn(C)c2-c2ccc(OCc3ccc(Cl)cc3)cc2O)cc(C(F)(F)F)c1.O=c1c(-c2cc(C(F)(F)F)cc(C(F)(F)F)c2)c(C(F)(F)F)oc2cc(OCc3ccc(Cl)cc3)ccc12. The lowest BCUT2D eigenvalue weighted by Crippen LogP contribution is -2.17. The van der Waals surface area contributed by atoms with Crippen LogP contribution in [0.4, 0.5) is 92.2 Å². The third-order valence-electron chi connectivity index (χ3n) is 16.4. The number of aromatic nitrogens is 4. The minimum absolute atomic E-state index is 0.0186. The lowest BCUT2D eigenvalue weighted by Gasteiger charge is -2.17. The zero-order valence-corrected chi connectivity index (χ0v) is 61.6. The summed E-state index contributed by atoms with van der Waals surface area (Å²) in [6.07, 6.45) is -35.6. The van der Waals surface area contributed by atoms with Gasteiger partial charge >= 0.3 is 43.2 Å². The monoisotopic (exact) mass is 1690 g/mol. The molecule has 0 aliphatic rings. The lowest BCUT2D eigenvalue weighted by atomic mass is 9.94. The predicted octanol–water partition coefficient (Wildman–Crippen LogP) is 23.9. The fourth-order valence-electron chi connectivity index (χ4n) is 11.5. The first-order valence-corrected chi connectivity index (χ1v) is 33.9. The largest absolute Gasteiger partial charge is 0.507 e. The molecule has 115 heavy (non-hydrogen) atoms. The van der Waals surface area contributed by atoms with E-state index in [-0.39, 0.29) is 100 Å². The van der Waals surface area contributed by atoms with E-state index in [4.69, 9.17) is 53.4 Å². The van der Waals surface area contributed by atoms with Crippen LogP contribution in [0.2, 0.25) is 15.1 Å². The molecule has 9 aromatic carbocycles. The van der Waals surface area contributed by atoms with E-state index in [0.29, 0.717) is 37.4 Å². The first-order valence-electron chi connectivity index (χ1n) is 32.7. The standard InChI is InChI=1S/2C26H19ClF6N2O2.C25H12ClF9O3.CH6N2/c1-14-9-16(11-17(10-14)25(28,29)30)22-23(35(2)34-24(22)26(31,32)33)20-8-7-19(12-21(20)36)37-13-15-3-5-18(27)6-4-15;1-14-9-16(11-17(10-14)25(28,29)30)22-23(34-35(2)24(22)26(31,32)33)20-8-7-19(12-21(20)36)37-13-15-3-5-18(27)6-4-15;26-16-3-1-12(2-4-16)11-37-17-5-6-18-19(10-17)38-22(25(33,34)35)20(21(18)36)13-7-14(23(27,28)29)9-15(8-13)24(30,31)32;1-3-2/h2*3-12,36H,13H2,1-2H3;1-10H,11H2;3H,2H2,1H3. The van der Waals surface area contributed by atoms with Crippen LogP contribution in [0.3, 0.4) is 0 Å². The summed E-state index contributed by atoms with van der Waals surface area (Å²) in [6, 6.07) is 36.4. The summed E-state index contributed by atoms with van der Waals surface area (Å²) in [4.78, 5) is 13.1. The molecule has 12 rings (SSSR count). The molecule has 5 N–H and O–H groups in total. The van der Waals surface area contributed by atoms with Gasteiger partial charge in [0.1, 0.15) is 59.8 Å². The van der Waals surface area contributed by atoms with Gasteiger partial charge in [-0.3, -0.25) is 25.4 Å². The quantitative estimate of drug-likeness (QED) is 0.0464. The van der Waals surface area contributed by atoms with Crippen LogP contribution in [0.1, 0.15) is 67.2 Å². The van der Waals surface area contributed by atoms with Gasteiger partial charge in [0.05, 0.1) is 38.9 Å². The molecule has 3 heterocycles. The van der Waals surface area contributed by atoms with Gasteiger partial charge in [0.15, 0.2) is 11.4 Å². The number of benzene rings is 9. The number of nitrogens with zero attached hydrogens (tertiary/aromatic N) is 4. The molecule has 0 radical (unpaired) electrons. The number of hydrazine groups is 1. The fourth-order valence-corrected chi connectivity index (χ4v) is 11.8. The van der Waals surface area contributed by atoms with E-state index in [1.807, 2.05) is 0 Å². The number of nitrogens with two attached hydrogens (primary N) is 1. The van der Waals surface area contributed by atoms with Gasteiger partial charge in [0.2, 0.25) is 11.2 Å². The molecule has 0 atom stereocenters. The third kappa shape index (κ3) is 21.9. The molecule has 0 amide bonds. The second-order valence-corrected chi connectivity index (χ2v) is 26.3. The number of ether oxygens (including phenoxy) is 3.